The number of benzene rings is 1. The molecule has 3 rings (SSSR count). The van der Waals surface area contributed by atoms with Gasteiger partial charge in [0.05, 0.1) is 11.2 Å². The topological polar surface area (TPSA) is 34.9 Å². The van der Waals surface area contributed by atoms with E-state index in [1.807, 2.05) is 54.8 Å². The Kier molecular flexibility index (Phi) is 3.57. The third-order valence-electron chi connectivity index (χ3n) is 3.75. The minimum atomic E-state index is 0.178. The SMILES string of the molecule is CCCC(=O)c1c(C)c2ccccc2n1-c1ccccn1. The highest BCUT2D eigenvalue weighted by Crippen LogP contribution is 2.29. The number of ketones is 1. The van der Waals surface area contributed by atoms with Gasteiger partial charge in [0.2, 0.25) is 0 Å². The number of rotatable bonds is 4. The van der Waals surface area contributed by atoms with E-state index < -0.39 is 0 Å². The van der Waals surface area contributed by atoms with Gasteiger partial charge in [-0.05, 0) is 37.1 Å². The van der Waals surface area contributed by atoms with E-state index in [9.17, 15) is 4.79 Å². The number of nitrogens with zero attached hydrogens (tertiary/aromatic N) is 2. The lowest BCUT2D eigenvalue weighted by atomic mass is 10.1. The molecule has 0 radical (unpaired) electrons. The molecule has 2 heterocycles. The van der Waals surface area contributed by atoms with Crippen LogP contribution in [0.1, 0.15) is 35.8 Å². The Morgan fingerprint density at radius 1 is 1.14 bits per heavy atom. The van der Waals surface area contributed by atoms with Crippen molar-refractivity contribution in [3.8, 4) is 5.82 Å². The summed E-state index contributed by atoms with van der Waals surface area (Å²) in [6.07, 6.45) is 3.17. The number of pyridine rings is 1. The molecule has 3 heteroatoms. The fourth-order valence-corrected chi connectivity index (χ4v) is 2.80. The van der Waals surface area contributed by atoms with Crippen molar-refractivity contribution in [3.05, 3.63) is 59.9 Å². The first-order valence-electron chi connectivity index (χ1n) is 7.28. The van der Waals surface area contributed by atoms with Crippen molar-refractivity contribution in [2.45, 2.75) is 26.7 Å². The Bertz CT molecular complexity index is 788. The van der Waals surface area contributed by atoms with Crippen LogP contribution in [0.5, 0.6) is 0 Å². The Labute approximate surface area is 124 Å². The molecule has 0 fully saturated rings. The number of aromatic nitrogens is 2. The highest BCUT2D eigenvalue weighted by atomic mass is 16.1. The molecular formula is C18H18N2O. The van der Waals surface area contributed by atoms with Gasteiger partial charge in [-0.15, -0.1) is 0 Å². The normalized spacial score (nSPS) is 11.0. The van der Waals surface area contributed by atoms with Crippen molar-refractivity contribution in [1.29, 1.82) is 0 Å². The van der Waals surface area contributed by atoms with Gasteiger partial charge in [-0.1, -0.05) is 31.2 Å². The predicted molar refractivity (Wildman–Crippen MR) is 85.0 cm³/mol. The molecule has 0 spiro atoms. The van der Waals surface area contributed by atoms with E-state index in [4.69, 9.17) is 0 Å². The second kappa shape index (κ2) is 5.52. The highest BCUT2D eigenvalue weighted by Gasteiger charge is 2.20. The third-order valence-corrected chi connectivity index (χ3v) is 3.75. The van der Waals surface area contributed by atoms with Gasteiger partial charge in [-0.25, -0.2) is 4.98 Å². The maximum Gasteiger partial charge on any atom is 0.179 e. The van der Waals surface area contributed by atoms with Crippen molar-refractivity contribution in [3.63, 3.8) is 0 Å². The Morgan fingerprint density at radius 3 is 2.62 bits per heavy atom. The molecule has 0 saturated carbocycles. The minimum absolute atomic E-state index is 0.178. The molecule has 3 nitrogen and oxygen atoms in total. The zero-order valence-electron chi connectivity index (χ0n) is 12.3. The summed E-state index contributed by atoms with van der Waals surface area (Å²) in [5.74, 6) is 0.970. The molecule has 0 unspecified atom stereocenters. The zero-order chi connectivity index (χ0) is 14.8. The maximum absolute atomic E-state index is 12.6. The average molecular weight is 278 g/mol. The molecule has 106 valence electrons. The van der Waals surface area contributed by atoms with Crippen molar-refractivity contribution in [1.82, 2.24) is 9.55 Å². The van der Waals surface area contributed by atoms with Crippen LogP contribution in [0.2, 0.25) is 0 Å². The average Bonchev–Trinajstić information content (AvgIpc) is 2.82. The zero-order valence-corrected chi connectivity index (χ0v) is 12.3. The van der Waals surface area contributed by atoms with Gasteiger partial charge in [-0.2, -0.15) is 0 Å². The van der Waals surface area contributed by atoms with Crippen molar-refractivity contribution in [2.75, 3.05) is 0 Å². The number of carbonyl (C=O) groups excluding carboxylic acids is 1. The van der Waals surface area contributed by atoms with Gasteiger partial charge in [0.15, 0.2) is 5.78 Å². The number of hydrogen-bond acceptors (Lipinski definition) is 2. The van der Waals surface area contributed by atoms with Crippen LogP contribution in [0.15, 0.2) is 48.7 Å². The van der Waals surface area contributed by atoms with E-state index in [2.05, 4.69) is 11.1 Å². The van der Waals surface area contributed by atoms with E-state index in [1.54, 1.807) is 6.20 Å². The van der Waals surface area contributed by atoms with E-state index in [0.717, 1.165) is 34.4 Å². The molecule has 0 aliphatic heterocycles. The fraction of sp³-hybridized carbons (Fsp3) is 0.222. The van der Waals surface area contributed by atoms with Gasteiger partial charge in [0.1, 0.15) is 5.82 Å². The lowest BCUT2D eigenvalue weighted by Crippen LogP contribution is -2.09. The first-order chi connectivity index (χ1) is 10.2. The molecule has 0 aliphatic rings. The number of fused-ring (bicyclic) bond motifs is 1. The fourth-order valence-electron chi connectivity index (χ4n) is 2.80. The van der Waals surface area contributed by atoms with E-state index >= 15 is 0 Å². The van der Waals surface area contributed by atoms with E-state index in [1.165, 1.54) is 0 Å². The number of Topliss-reactive ketones (excluding diaryl/α,β-unsaturated/α-hetero) is 1. The molecule has 0 aliphatic carbocycles. The van der Waals surface area contributed by atoms with Crippen LogP contribution in [0.3, 0.4) is 0 Å². The van der Waals surface area contributed by atoms with E-state index in [0.29, 0.717) is 6.42 Å². The molecule has 0 saturated heterocycles. The summed E-state index contributed by atoms with van der Waals surface area (Å²) >= 11 is 0. The first-order valence-corrected chi connectivity index (χ1v) is 7.28. The van der Waals surface area contributed by atoms with Crippen LogP contribution in [-0.4, -0.2) is 15.3 Å². The highest BCUT2D eigenvalue weighted by molar-refractivity contribution is 6.03. The summed E-state index contributed by atoms with van der Waals surface area (Å²) in [5.41, 5.74) is 2.83. The van der Waals surface area contributed by atoms with Gasteiger partial charge >= 0.3 is 0 Å². The van der Waals surface area contributed by atoms with Crippen LogP contribution in [0, 0.1) is 6.92 Å². The summed E-state index contributed by atoms with van der Waals surface area (Å²) in [6, 6.07) is 13.9. The minimum Gasteiger partial charge on any atom is -0.293 e. The van der Waals surface area contributed by atoms with Crippen LogP contribution in [0.4, 0.5) is 0 Å². The second-order valence-electron chi connectivity index (χ2n) is 5.19. The molecule has 0 atom stereocenters. The summed E-state index contributed by atoms with van der Waals surface area (Å²) in [4.78, 5) is 17.0. The van der Waals surface area contributed by atoms with Crippen molar-refractivity contribution in [2.24, 2.45) is 0 Å². The summed E-state index contributed by atoms with van der Waals surface area (Å²) in [6.45, 7) is 4.05. The summed E-state index contributed by atoms with van der Waals surface area (Å²) < 4.78 is 1.99. The monoisotopic (exact) mass is 278 g/mol. The Hall–Kier alpha value is -2.42. The van der Waals surface area contributed by atoms with Crippen molar-refractivity contribution < 1.29 is 4.79 Å². The third kappa shape index (κ3) is 2.25. The van der Waals surface area contributed by atoms with E-state index in [-0.39, 0.29) is 5.78 Å². The van der Waals surface area contributed by atoms with Gasteiger partial charge in [0.25, 0.3) is 0 Å². The lowest BCUT2D eigenvalue weighted by Gasteiger charge is -2.09. The predicted octanol–water partition coefficient (Wildman–Crippen LogP) is 4.32. The smallest absolute Gasteiger partial charge is 0.179 e. The molecular weight excluding hydrogens is 260 g/mol. The molecule has 0 amide bonds. The molecule has 3 aromatic rings. The molecule has 21 heavy (non-hydrogen) atoms. The lowest BCUT2D eigenvalue weighted by molar-refractivity contribution is 0.0975. The van der Waals surface area contributed by atoms with Crippen LogP contribution >= 0.6 is 0 Å². The molecule has 2 aromatic heterocycles. The quantitative estimate of drug-likeness (QED) is 0.666. The second-order valence-corrected chi connectivity index (χ2v) is 5.19. The van der Waals surface area contributed by atoms with Gasteiger partial charge in [0, 0.05) is 18.0 Å². The standard InChI is InChI=1S/C18H18N2O/c1-3-8-16(21)18-13(2)14-9-4-5-10-15(14)20(18)17-11-6-7-12-19-17/h4-7,9-12H,3,8H2,1-2H3. The largest absolute Gasteiger partial charge is 0.293 e. The first kappa shape index (κ1) is 13.6. The number of hydrogen-bond donors (Lipinski definition) is 0. The number of para-hydroxylation sites is 1. The maximum atomic E-state index is 12.6. The molecule has 1 aromatic carbocycles. The molecule has 0 bridgehead atoms. The van der Waals surface area contributed by atoms with Crippen LogP contribution < -0.4 is 0 Å². The Morgan fingerprint density at radius 2 is 1.90 bits per heavy atom. The summed E-state index contributed by atoms with van der Waals surface area (Å²) in [5, 5.41) is 1.11. The number of carbonyl (C=O) groups is 1. The van der Waals surface area contributed by atoms with Crippen LogP contribution in [0.25, 0.3) is 16.7 Å². The number of aryl methyl sites for hydroxylation is 1. The summed E-state index contributed by atoms with van der Waals surface area (Å²) in [7, 11) is 0. The van der Waals surface area contributed by atoms with Crippen molar-refractivity contribution >= 4 is 16.7 Å². The van der Waals surface area contributed by atoms with Gasteiger partial charge in [-0.3, -0.25) is 9.36 Å². The Balaban J connectivity index is 2.35. The molecule has 0 N–H and O–H groups in total. The van der Waals surface area contributed by atoms with Crippen LogP contribution in [-0.2, 0) is 0 Å². The van der Waals surface area contributed by atoms with Gasteiger partial charge < -0.3 is 0 Å².